The Morgan fingerprint density at radius 2 is 1.74 bits per heavy atom. The molecular weight excluding hydrogens is 486 g/mol. The van der Waals surface area contributed by atoms with Gasteiger partial charge in [-0.2, -0.15) is 0 Å². The zero-order valence-corrected chi connectivity index (χ0v) is 23.0. The number of rotatable bonds is 14. The van der Waals surface area contributed by atoms with Crippen LogP contribution in [-0.4, -0.2) is 42.3 Å². The molecular formula is C33H39N3O3. The average Bonchev–Trinajstić information content (AvgIpc) is 3.59. The van der Waals surface area contributed by atoms with E-state index in [0.717, 1.165) is 72.4 Å². The first-order valence-electron chi connectivity index (χ1n) is 14.3. The largest absolute Gasteiger partial charge is 0.494 e. The molecule has 0 bridgehead atoms. The van der Waals surface area contributed by atoms with Gasteiger partial charge in [0.1, 0.15) is 11.6 Å². The number of methoxy groups -OCH3 is 1. The fourth-order valence-corrected chi connectivity index (χ4v) is 5.35. The van der Waals surface area contributed by atoms with Gasteiger partial charge < -0.3 is 14.8 Å². The number of benzene rings is 3. The zero-order chi connectivity index (χ0) is 26.9. The van der Waals surface area contributed by atoms with E-state index in [2.05, 4.69) is 64.5 Å². The van der Waals surface area contributed by atoms with Gasteiger partial charge in [0.2, 0.25) is 5.91 Å². The van der Waals surface area contributed by atoms with Gasteiger partial charge in [-0.1, -0.05) is 49.2 Å². The van der Waals surface area contributed by atoms with Crippen molar-refractivity contribution in [3.8, 4) is 22.8 Å². The standard InChI is InChI=1S/C33H39N3O3/c1-38-21-10-20-34-32(37)15-7-2-3-8-22-39-29-18-19-30-31(24-29)36(33(35-30)26-11-5-4-6-12-26)28-17-16-25-13-9-14-27(25)23-28/h4-6,11-12,16-19,23-24H,2-3,7-10,13-15,20-22H2,1H3,(H,34,37). The molecule has 5 rings (SSSR count). The number of hydrogen-bond donors (Lipinski definition) is 1. The maximum Gasteiger partial charge on any atom is 0.219 e. The first kappa shape index (κ1) is 26.9. The Hall–Kier alpha value is -3.64. The monoisotopic (exact) mass is 525 g/mol. The quantitative estimate of drug-likeness (QED) is 0.187. The van der Waals surface area contributed by atoms with E-state index in [-0.39, 0.29) is 5.91 Å². The molecule has 1 N–H and O–H groups in total. The van der Waals surface area contributed by atoms with Crippen molar-refractivity contribution < 1.29 is 14.3 Å². The molecule has 0 unspecified atom stereocenters. The molecule has 1 aliphatic carbocycles. The van der Waals surface area contributed by atoms with Gasteiger partial charge in [0.25, 0.3) is 0 Å². The fraction of sp³-hybridized carbons (Fsp3) is 0.394. The molecule has 1 aliphatic rings. The Kier molecular flexibility index (Phi) is 9.28. The van der Waals surface area contributed by atoms with Crippen LogP contribution in [-0.2, 0) is 22.4 Å². The normalized spacial score (nSPS) is 12.5. The molecule has 204 valence electrons. The number of imidazole rings is 1. The Morgan fingerprint density at radius 1 is 0.897 bits per heavy atom. The van der Waals surface area contributed by atoms with Gasteiger partial charge in [-0.15, -0.1) is 0 Å². The third kappa shape index (κ3) is 6.87. The minimum atomic E-state index is 0.130. The number of carbonyl (C=O) groups excluding carboxylic acids is 1. The van der Waals surface area contributed by atoms with Gasteiger partial charge in [0.15, 0.2) is 0 Å². The summed E-state index contributed by atoms with van der Waals surface area (Å²) in [6.45, 7) is 2.02. The highest BCUT2D eigenvalue weighted by Gasteiger charge is 2.18. The third-order valence-electron chi connectivity index (χ3n) is 7.41. The molecule has 1 aromatic heterocycles. The van der Waals surface area contributed by atoms with E-state index in [1.807, 2.05) is 12.1 Å². The second kappa shape index (κ2) is 13.4. The SMILES string of the molecule is COCCCNC(=O)CCCCCCOc1ccc2nc(-c3ccccc3)n(-c3ccc4c(c3)CCC4)c2c1. The van der Waals surface area contributed by atoms with Crippen molar-refractivity contribution in [1.82, 2.24) is 14.9 Å². The Labute approximate surface area is 231 Å². The van der Waals surface area contributed by atoms with Crippen LogP contribution in [0.4, 0.5) is 0 Å². The number of nitrogens with one attached hydrogen (secondary N) is 1. The number of aryl methyl sites for hydroxylation is 2. The number of nitrogens with zero attached hydrogens (tertiary/aromatic N) is 2. The summed E-state index contributed by atoms with van der Waals surface area (Å²) in [7, 11) is 1.68. The van der Waals surface area contributed by atoms with Crippen molar-refractivity contribution >= 4 is 16.9 Å². The summed E-state index contributed by atoms with van der Waals surface area (Å²) in [5.41, 5.74) is 7.18. The molecule has 0 atom stereocenters. The van der Waals surface area contributed by atoms with E-state index in [0.29, 0.717) is 26.2 Å². The highest BCUT2D eigenvalue weighted by molar-refractivity contribution is 5.84. The Morgan fingerprint density at radius 3 is 2.62 bits per heavy atom. The van der Waals surface area contributed by atoms with Crippen LogP contribution >= 0.6 is 0 Å². The summed E-state index contributed by atoms with van der Waals surface area (Å²) in [4.78, 5) is 16.9. The molecule has 0 fully saturated rings. The molecule has 1 amide bonds. The number of fused-ring (bicyclic) bond motifs is 2. The third-order valence-corrected chi connectivity index (χ3v) is 7.41. The number of amides is 1. The van der Waals surface area contributed by atoms with Crippen molar-refractivity contribution in [1.29, 1.82) is 0 Å². The van der Waals surface area contributed by atoms with Crippen LogP contribution < -0.4 is 10.1 Å². The summed E-state index contributed by atoms with van der Waals surface area (Å²) < 4.78 is 13.4. The molecule has 6 nitrogen and oxygen atoms in total. The van der Waals surface area contributed by atoms with E-state index < -0.39 is 0 Å². The summed E-state index contributed by atoms with van der Waals surface area (Å²) in [5.74, 6) is 1.94. The van der Waals surface area contributed by atoms with Crippen LogP contribution in [0.3, 0.4) is 0 Å². The number of hydrogen-bond acceptors (Lipinski definition) is 4. The lowest BCUT2D eigenvalue weighted by molar-refractivity contribution is -0.121. The van der Waals surface area contributed by atoms with Crippen LogP contribution in [0.1, 0.15) is 56.1 Å². The Balaban J connectivity index is 1.22. The predicted molar refractivity (Wildman–Crippen MR) is 157 cm³/mol. The second-order valence-corrected chi connectivity index (χ2v) is 10.3. The van der Waals surface area contributed by atoms with Crippen molar-refractivity contribution in [2.24, 2.45) is 0 Å². The highest BCUT2D eigenvalue weighted by Crippen LogP contribution is 2.33. The van der Waals surface area contributed by atoms with Crippen LogP contribution in [0.15, 0.2) is 66.7 Å². The van der Waals surface area contributed by atoms with Gasteiger partial charge in [-0.3, -0.25) is 9.36 Å². The molecule has 4 aromatic rings. The second-order valence-electron chi connectivity index (χ2n) is 10.3. The molecule has 0 aliphatic heterocycles. The molecule has 1 heterocycles. The van der Waals surface area contributed by atoms with Gasteiger partial charge in [0, 0.05) is 44.0 Å². The highest BCUT2D eigenvalue weighted by atomic mass is 16.5. The van der Waals surface area contributed by atoms with Crippen LogP contribution in [0.25, 0.3) is 28.1 Å². The number of carbonyl (C=O) groups is 1. The molecule has 0 saturated carbocycles. The number of unbranched alkanes of at least 4 members (excludes halogenated alkanes) is 3. The van der Waals surface area contributed by atoms with Gasteiger partial charge >= 0.3 is 0 Å². The molecule has 0 radical (unpaired) electrons. The Bertz CT molecular complexity index is 1380. The van der Waals surface area contributed by atoms with E-state index in [4.69, 9.17) is 14.5 Å². The van der Waals surface area contributed by atoms with Crippen molar-refractivity contribution in [2.45, 2.75) is 57.8 Å². The van der Waals surface area contributed by atoms with Gasteiger partial charge in [-0.05, 0) is 73.9 Å². The first-order chi connectivity index (χ1) is 19.2. The minimum Gasteiger partial charge on any atom is -0.494 e. The molecule has 0 spiro atoms. The molecule has 39 heavy (non-hydrogen) atoms. The maximum atomic E-state index is 11.9. The summed E-state index contributed by atoms with van der Waals surface area (Å²) in [6.07, 6.45) is 8.93. The lowest BCUT2D eigenvalue weighted by atomic mass is 10.1. The predicted octanol–water partition coefficient (Wildman–Crippen LogP) is 6.66. The van der Waals surface area contributed by atoms with Crippen molar-refractivity contribution in [2.75, 3.05) is 26.9 Å². The van der Waals surface area contributed by atoms with E-state index >= 15 is 0 Å². The van der Waals surface area contributed by atoms with Crippen LogP contribution in [0.2, 0.25) is 0 Å². The van der Waals surface area contributed by atoms with Gasteiger partial charge in [0.05, 0.1) is 17.6 Å². The lowest BCUT2D eigenvalue weighted by Gasteiger charge is -2.12. The summed E-state index contributed by atoms with van der Waals surface area (Å²) in [6, 6.07) is 23.4. The molecule has 3 aromatic carbocycles. The van der Waals surface area contributed by atoms with E-state index in [9.17, 15) is 4.79 Å². The van der Waals surface area contributed by atoms with Crippen LogP contribution in [0, 0.1) is 0 Å². The first-order valence-corrected chi connectivity index (χ1v) is 14.3. The van der Waals surface area contributed by atoms with Crippen LogP contribution in [0.5, 0.6) is 5.75 Å². The smallest absolute Gasteiger partial charge is 0.219 e. The maximum absolute atomic E-state index is 11.9. The van der Waals surface area contributed by atoms with Crippen molar-refractivity contribution in [3.63, 3.8) is 0 Å². The lowest BCUT2D eigenvalue weighted by Crippen LogP contribution is -2.24. The average molecular weight is 526 g/mol. The fourth-order valence-electron chi connectivity index (χ4n) is 5.35. The summed E-state index contributed by atoms with van der Waals surface area (Å²) in [5, 5.41) is 2.95. The number of aromatic nitrogens is 2. The van der Waals surface area contributed by atoms with Crippen molar-refractivity contribution in [3.05, 3.63) is 77.9 Å². The molecule has 6 heteroatoms. The van der Waals surface area contributed by atoms with Gasteiger partial charge in [-0.25, -0.2) is 4.98 Å². The zero-order valence-electron chi connectivity index (χ0n) is 23.0. The van der Waals surface area contributed by atoms with E-state index in [1.165, 1.54) is 24.0 Å². The summed E-state index contributed by atoms with van der Waals surface area (Å²) >= 11 is 0. The number of ether oxygens (including phenoxy) is 2. The topological polar surface area (TPSA) is 65.4 Å². The van der Waals surface area contributed by atoms with E-state index in [1.54, 1.807) is 7.11 Å². The molecule has 0 saturated heterocycles. The minimum absolute atomic E-state index is 0.130.